The van der Waals surface area contributed by atoms with Crippen LogP contribution >= 0.6 is 0 Å². The molecule has 4 rings (SSSR count). The number of carbonyl (C=O) groups excluding carboxylic acids is 1. The third-order valence-electron chi connectivity index (χ3n) is 5.30. The Hall–Kier alpha value is -3.19. The number of aryl methyl sites for hydroxylation is 1. The number of benzene rings is 2. The Morgan fingerprint density at radius 1 is 0.966 bits per heavy atom. The van der Waals surface area contributed by atoms with Crippen molar-refractivity contribution in [3.63, 3.8) is 0 Å². The molecule has 1 amide bonds. The molecule has 1 saturated heterocycles. The van der Waals surface area contributed by atoms with Gasteiger partial charge in [-0.25, -0.2) is 4.68 Å². The second-order valence-electron chi connectivity index (χ2n) is 7.32. The quantitative estimate of drug-likeness (QED) is 0.677. The maximum Gasteiger partial charge on any atom is 0.274 e. The first-order chi connectivity index (χ1) is 14.0. The lowest BCUT2D eigenvalue weighted by Crippen LogP contribution is -2.48. The zero-order valence-corrected chi connectivity index (χ0v) is 16.7. The normalized spacial score (nSPS) is 14.9. The van der Waals surface area contributed by atoms with Crippen molar-refractivity contribution in [2.24, 2.45) is 7.05 Å². The number of rotatable bonds is 4. The Morgan fingerprint density at radius 3 is 2.31 bits per heavy atom. The number of carbonyl (C=O) groups is 1. The fourth-order valence-corrected chi connectivity index (χ4v) is 3.51. The number of aromatic nitrogens is 2. The first-order valence-corrected chi connectivity index (χ1v) is 9.68. The Morgan fingerprint density at radius 2 is 1.62 bits per heavy atom. The van der Waals surface area contributed by atoms with Crippen molar-refractivity contribution in [1.82, 2.24) is 19.6 Å². The SMILES string of the molecule is CN1CCN(C(=O)COc2ccc(-c3nn(C)c(=O)c4ccccc34)cc2)CC1. The summed E-state index contributed by atoms with van der Waals surface area (Å²) in [6, 6.07) is 14.9. The van der Waals surface area contributed by atoms with Crippen LogP contribution in [0, 0.1) is 0 Å². The van der Waals surface area contributed by atoms with Crippen LogP contribution in [0.4, 0.5) is 0 Å². The number of ether oxygens (including phenoxy) is 1. The molecular weight excluding hydrogens is 368 g/mol. The highest BCUT2D eigenvalue weighted by Crippen LogP contribution is 2.26. The fourth-order valence-electron chi connectivity index (χ4n) is 3.51. The number of fused-ring (bicyclic) bond motifs is 1. The van der Waals surface area contributed by atoms with E-state index in [2.05, 4.69) is 17.0 Å². The summed E-state index contributed by atoms with van der Waals surface area (Å²) < 4.78 is 7.05. The number of nitrogens with zero attached hydrogens (tertiary/aromatic N) is 4. The number of amides is 1. The lowest BCUT2D eigenvalue weighted by molar-refractivity contribution is -0.134. The maximum absolute atomic E-state index is 12.3. The van der Waals surface area contributed by atoms with Crippen molar-refractivity contribution in [3.05, 3.63) is 58.9 Å². The van der Waals surface area contributed by atoms with Crippen LogP contribution in [0.1, 0.15) is 0 Å². The smallest absolute Gasteiger partial charge is 0.274 e. The number of hydrogen-bond acceptors (Lipinski definition) is 5. The number of likely N-dealkylation sites (N-methyl/N-ethyl adjacent to an activating group) is 1. The van der Waals surface area contributed by atoms with E-state index in [1.165, 1.54) is 4.68 Å². The van der Waals surface area contributed by atoms with Gasteiger partial charge in [0.2, 0.25) is 0 Å². The second-order valence-corrected chi connectivity index (χ2v) is 7.32. The topological polar surface area (TPSA) is 67.7 Å². The van der Waals surface area contributed by atoms with Gasteiger partial charge >= 0.3 is 0 Å². The molecule has 0 saturated carbocycles. The molecule has 0 unspecified atom stereocenters. The van der Waals surface area contributed by atoms with Gasteiger partial charge in [0.05, 0.1) is 11.1 Å². The van der Waals surface area contributed by atoms with Gasteiger partial charge in [-0.3, -0.25) is 9.59 Å². The monoisotopic (exact) mass is 392 g/mol. The van der Waals surface area contributed by atoms with Crippen LogP contribution in [0.2, 0.25) is 0 Å². The lowest BCUT2D eigenvalue weighted by atomic mass is 10.1. The molecule has 1 aliphatic rings. The molecule has 7 nitrogen and oxygen atoms in total. The maximum atomic E-state index is 12.3. The summed E-state index contributed by atoms with van der Waals surface area (Å²) in [7, 11) is 3.71. The molecule has 7 heteroatoms. The average molecular weight is 392 g/mol. The van der Waals surface area contributed by atoms with Gasteiger partial charge in [-0.15, -0.1) is 0 Å². The highest BCUT2D eigenvalue weighted by molar-refractivity contribution is 5.93. The zero-order chi connectivity index (χ0) is 20.4. The van der Waals surface area contributed by atoms with Gasteiger partial charge in [-0.05, 0) is 37.4 Å². The molecule has 0 N–H and O–H groups in total. The van der Waals surface area contributed by atoms with E-state index >= 15 is 0 Å². The van der Waals surface area contributed by atoms with Gasteiger partial charge < -0.3 is 14.5 Å². The van der Waals surface area contributed by atoms with E-state index in [0.717, 1.165) is 42.8 Å². The number of hydrogen-bond donors (Lipinski definition) is 0. The Balaban J connectivity index is 1.49. The van der Waals surface area contributed by atoms with Crippen LogP contribution in [-0.2, 0) is 11.8 Å². The molecule has 2 aromatic carbocycles. The molecule has 1 fully saturated rings. The summed E-state index contributed by atoms with van der Waals surface area (Å²) in [5, 5.41) is 5.89. The van der Waals surface area contributed by atoms with Crippen molar-refractivity contribution in [2.45, 2.75) is 0 Å². The van der Waals surface area contributed by atoms with Gasteiger partial charge in [0.15, 0.2) is 6.61 Å². The summed E-state index contributed by atoms with van der Waals surface area (Å²) in [4.78, 5) is 28.7. The third-order valence-corrected chi connectivity index (χ3v) is 5.30. The summed E-state index contributed by atoms with van der Waals surface area (Å²) >= 11 is 0. The minimum atomic E-state index is -0.119. The highest BCUT2D eigenvalue weighted by Gasteiger charge is 2.19. The zero-order valence-electron chi connectivity index (χ0n) is 16.7. The second kappa shape index (κ2) is 8.05. The summed E-state index contributed by atoms with van der Waals surface area (Å²) in [5.74, 6) is 0.637. The predicted octanol–water partition coefficient (Wildman–Crippen LogP) is 1.75. The molecule has 1 aromatic heterocycles. The molecule has 0 atom stereocenters. The van der Waals surface area contributed by atoms with Crippen LogP contribution in [0.25, 0.3) is 22.0 Å². The minimum absolute atomic E-state index is 0.00731. The van der Waals surface area contributed by atoms with Crippen LogP contribution < -0.4 is 10.3 Å². The lowest BCUT2D eigenvalue weighted by Gasteiger charge is -2.32. The highest BCUT2D eigenvalue weighted by atomic mass is 16.5. The van der Waals surface area contributed by atoms with E-state index in [1.54, 1.807) is 7.05 Å². The summed E-state index contributed by atoms with van der Waals surface area (Å²) in [6.45, 7) is 3.29. The van der Waals surface area contributed by atoms with Crippen molar-refractivity contribution >= 4 is 16.7 Å². The Labute approximate surface area is 169 Å². The standard InChI is InChI=1S/C22H24N4O3/c1-24-11-13-26(14-12-24)20(27)15-29-17-9-7-16(8-10-17)21-18-5-3-4-6-19(18)22(28)25(2)23-21/h3-10H,11-15H2,1-2H3. The first-order valence-electron chi connectivity index (χ1n) is 9.68. The van der Waals surface area contributed by atoms with Crippen molar-refractivity contribution in [1.29, 1.82) is 0 Å². The molecule has 150 valence electrons. The summed E-state index contributed by atoms with van der Waals surface area (Å²) in [6.07, 6.45) is 0. The molecule has 1 aliphatic heterocycles. The van der Waals surface area contributed by atoms with Crippen LogP contribution in [0.3, 0.4) is 0 Å². The predicted molar refractivity (Wildman–Crippen MR) is 112 cm³/mol. The van der Waals surface area contributed by atoms with E-state index in [-0.39, 0.29) is 18.1 Å². The molecular formula is C22H24N4O3. The van der Waals surface area contributed by atoms with Crippen LogP contribution in [-0.4, -0.2) is 65.3 Å². The van der Waals surface area contributed by atoms with Crippen molar-refractivity contribution in [2.75, 3.05) is 39.8 Å². The van der Waals surface area contributed by atoms with Gasteiger partial charge in [-0.2, -0.15) is 5.10 Å². The van der Waals surface area contributed by atoms with Crippen LogP contribution in [0.15, 0.2) is 53.3 Å². The van der Waals surface area contributed by atoms with Crippen molar-refractivity contribution in [3.8, 4) is 17.0 Å². The molecule has 0 bridgehead atoms. The van der Waals surface area contributed by atoms with Gasteiger partial charge in [0.1, 0.15) is 5.75 Å². The Bertz CT molecular complexity index is 1080. The molecule has 2 heterocycles. The van der Waals surface area contributed by atoms with Crippen LogP contribution in [0.5, 0.6) is 5.75 Å². The average Bonchev–Trinajstić information content (AvgIpc) is 2.75. The van der Waals surface area contributed by atoms with Gasteiger partial charge in [-0.1, -0.05) is 18.2 Å². The molecule has 0 radical (unpaired) electrons. The third kappa shape index (κ3) is 4.00. The summed E-state index contributed by atoms with van der Waals surface area (Å²) in [5.41, 5.74) is 1.50. The van der Waals surface area contributed by atoms with Gasteiger partial charge in [0, 0.05) is 44.2 Å². The van der Waals surface area contributed by atoms with E-state index in [0.29, 0.717) is 11.1 Å². The largest absolute Gasteiger partial charge is 0.484 e. The van der Waals surface area contributed by atoms with E-state index in [9.17, 15) is 9.59 Å². The molecule has 0 spiro atoms. The molecule has 0 aliphatic carbocycles. The van der Waals surface area contributed by atoms with E-state index in [1.807, 2.05) is 53.4 Å². The van der Waals surface area contributed by atoms with Gasteiger partial charge in [0.25, 0.3) is 11.5 Å². The molecule has 29 heavy (non-hydrogen) atoms. The Kier molecular flexibility index (Phi) is 5.31. The number of piperazine rings is 1. The molecule has 3 aromatic rings. The van der Waals surface area contributed by atoms with E-state index < -0.39 is 0 Å². The fraction of sp³-hybridized carbons (Fsp3) is 0.318. The van der Waals surface area contributed by atoms with Crippen molar-refractivity contribution < 1.29 is 9.53 Å². The minimum Gasteiger partial charge on any atom is -0.484 e. The first kappa shape index (κ1) is 19.1. The van der Waals surface area contributed by atoms with E-state index in [4.69, 9.17) is 4.74 Å².